The molecule has 2 heterocycles. The van der Waals surface area contributed by atoms with Gasteiger partial charge in [-0.3, -0.25) is 0 Å². The third-order valence-corrected chi connectivity index (χ3v) is 4.10. The van der Waals surface area contributed by atoms with Crippen LogP contribution < -0.4 is 0 Å². The van der Waals surface area contributed by atoms with Gasteiger partial charge in [0.2, 0.25) is 0 Å². The highest BCUT2D eigenvalue weighted by Crippen LogP contribution is 2.45. The van der Waals surface area contributed by atoms with Crippen molar-refractivity contribution in [3.05, 3.63) is 36.0 Å². The van der Waals surface area contributed by atoms with Crippen LogP contribution in [0.1, 0.15) is 32.4 Å². The molecule has 0 spiro atoms. The maximum absolute atomic E-state index is 5.86. The number of rotatable bonds is 3. The van der Waals surface area contributed by atoms with E-state index in [9.17, 15) is 0 Å². The summed E-state index contributed by atoms with van der Waals surface area (Å²) in [6.45, 7) is 6.97. The zero-order chi connectivity index (χ0) is 14.3. The number of nitrogens with zero attached hydrogens (tertiary/aromatic N) is 1. The average Bonchev–Trinajstić information content (AvgIpc) is 3.08. The molecule has 20 heavy (non-hydrogen) atoms. The van der Waals surface area contributed by atoms with Crippen molar-refractivity contribution in [1.29, 1.82) is 0 Å². The summed E-state index contributed by atoms with van der Waals surface area (Å²) in [5.41, 5.74) is -0.140. The molecular formula is C16H21NO3. The highest BCUT2D eigenvalue weighted by atomic mass is 16.5. The number of ether oxygens (including phenoxy) is 2. The molecule has 1 aliphatic heterocycles. The normalized spacial score (nSPS) is 31.7. The second-order valence-electron chi connectivity index (χ2n) is 6.18. The van der Waals surface area contributed by atoms with Crippen LogP contribution in [0.2, 0.25) is 0 Å². The van der Waals surface area contributed by atoms with E-state index in [0.29, 0.717) is 6.61 Å². The van der Waals surface area contributed by atoms with Gasteiger partial charge in [-0.05, 0) is 32.1 Å². The zero-order valence-corrected chi connectivity index (χ0v) is 12.4. The predicted octanol–water partition coefficient (Wildman–Crippen LogP) is 3.37. The van der Waals surface area contributed by atoms with Crippen LogP contribution in [0.5, 0.6) is 0 Å². The lowest BCUT2D eigenvalue weighted by Crippen LogP contribution is -2.24. The predicted molar refractivity (Wildman–Crippen MR) is 76.7 cm³/mol. The molecule has 3 atom stereocenters. The fourth-order valence-corrected chi connectivity index (χ4v) is 3.07. The summed E-state index contributed by atoms with van der Waals surface area (Å²) >= 11 is 0. The summed E-state index contributed by atoms with van der Waals surface area (Å²) in [4.78, 5) is 4.75. The summed E-state index contributed by atoms with van der Waals surface area (Å²) in [6.07, 6.45) is 3.84. The van der Waals surface area contributed by atoms with Gasteiger partial charge in [0.1, 0.15) is 12.4 Å². The van der Waals surface area contributed by atoms with Gasteiger partial charge in [-0.1, -0.05) is 6.92 Å². The van der Waals surface area contributed by atoms with Gasteiger partial charge in [-0.15, -0.1) is 0 Å². The molecule has 0 fully saturated rings. The van der Waals surface area contributed by atoms with Crippen LogP contribution >= 0.6 is 0 Å². The first-order valence-corrected chi connectivity index (χ1v) is 7.03. The van der Waals surface area contributed by atoms with Crippen molar-refractivity contribution in [3.63, 3.8) is 0 Å². The smallest absolute Gasteiger partial charge is 0.188 e. The summed E-state index contributed by atoms with van der Waals surface area (Å²) < 4.78 is 17.0. The molecule has 0 bridgehead atoms. The number of hydrogen-bond donors (Lipinski definition) is 0. The monoisotopic (exact) mass is 275 g/mol. The molecular weight excluding hydrogens is 254 g/mol. The molecule has 4 nitrogen and oxygen atoms in total. The van der Waals surface area contributed by atoms with Crippen molar-refractivity contribution in [2.45, 2.75) is 32.2 Å². The van der Waals surface area contributed by atoms with Crippen molar-refractivity contribution in [1.82, 2.24) is 0 Å². The quantitative estimate of drug-likeness (QED) is 0.849. The molecule has 0 saturated carbocycles. The van der Waals surface area contributed by atoms with E-state index in [1.165, 1.54) is 0 Å². The molecule has 1 aromatic heterocycles. The molecule has 0 aromatic carbocycles. The maximum Gasteiger partial charge on any atom is 0.188 e. The third-order valence-electron chi connectivity index (χ3n) is 4.10. The van der Waals surface area contributed by atoms with E-state index in [-0.39, 0.29) is 23.3 Å². The minimum atomic E-state index is -0.140. The molecule has 0 unspecified atom stereocenters. The summed E-state index contributed by atoms with van der Waals surface area (Å²) in [5.74, 6) is 3.26. The number of methoxy groups -OCH3 is 1. The fourth-order valence-electron chi connectivity index (χ4n) is 3.07. The van der Waals surface area contributed by atoms with Crippen LogP contribution in [0, 0.1) is 11.8 Å². The fraction of sp³-hybridized carbons (Fsp3) is 0.562. The van der Waals surface area contributed by atoms with Gasteiger partial charge in [0.05, 0.1) is 36.5 Å². The lowest BCUT2D eigenvalue weighted by atomic mass is 9.87. The Balaban J connectivity index is 1.96. The number of hydrogen-bond acceptors (Lipinski definition) is 4. The van der Waals surface area contributed by atoms with Crippen LogP contribution in [0.3, 0.4) is 0 Å². The molecule has 0 N–H and O–H groups in total. The van der Waals surface area contributed by atoms with E-state index in [1.54, 1.807) is 13.4 Å². The van der Waals surface area contributed by atoms with Crippen molar-refractivity contribution in [2.75, 3.05) is 13.7 Å². The van der Waals surface area contributed by atoms with Crippen molar-refractivity contribution in [3.8, 4) is 0 Å². The lowest BCUT2D eigenvalue weighted by molar-refractivity contribution is 0.223. The van der Waals surface area contributed by atoms with E-state index in [2.05, 4.69) is 26.8 Å². The van der Waals surface area contributed by atoms with Gasteiger partial charge in [0.25, 0.3) is 0 Å². The average molecular weight is 275 g/mol. The first kappa shape index (κ1) is 13.3. The van der Waals surface area contributed by atoms with Crippen LogP contribution in [0.15, 0.2) is 39.6 Å². The van der Waals surface area contributed by atoms with Gasteiger partial charge in [-0.25, -0.2) is 4.99 Å². The Labute approximate surface area is 119 Å². The second-order valence-corrected chi connectivity index (χ2v) is 6.18. The van der Waals surface area contributed by atoms with Gasteiger partial charge in [0.15, 0.2) is 5.90 Å². The first-order valence-electron chi connectivity index (χ1n) is 7.03. The van der Waals surface area contributed by atoms with Crippen LogP contribution in [-0.2, 0) is 9.47 Å². The van der Waals surface area contributed by atoms with Crippen LogP contribution in [0.4, 0.5) is 0 Å². The lowest BCUT2D eigenvalue weighted by Gasteiger charge is -2.21. The topological polar surface area (TPSA) is 44.0 Å². The van der Waals surface area contributed by atoms with Crippen LogP contribution in [-0.4, -0.2) is 25.2 Å². The minimum absolute atomic E-state index is 0.127. The number of aliphatic imine (C=N–C) groups is 1. The number of allylic oxidation sites excluding steroid dienone is 2. The Hall–Kier alpha value is -1.71. The Morgan fingerprint density at radius 3 is 2.75 bits per heavy atom. The van der Waals surface area contributed by atoms with E-state index in [4.69, 9.17) is 18.9 Å². The molecule has 0 saturated heterocycles. The minimum Gasteiger partial charge on any atom is -0.501 e. The first-order chi connectivity index (χ1) is 9.52. The van der Waals surface area contributed by atoms with E-state index in [0.717, 1.165) is 17.4 Å². The number of furan rings is 1. The molecule has 0 radical (unpaired) electrons. The van der Waals surface area contributed by atoms with E-state index < -0.39 is 0 Å². The molecule has 108 valence electrons. The van der Waals surface area contributed by atoms with Crippen molar-refractivity contribution < 1.29 is 13.9 Å². The summed E-state index contributed by atoms with van der Waals surface area (Å²) in [6, 6.07) is 3.91. The zero-order valence-electron chi connectivity index (χ0n) is 12.4. The highest BCUT2D eigenvalue weighted by molar-refractivity contribution is 5.83. The van der Waals surface area contributed by atoms with Gasteiger partial charge in [-0.2, -0.15) is 0 Å². The standard InChI is InChI=1S/C16H21NO3/c1-10-13(18-4)8-11(12-6-5-7-19-12)14(10)15-17-16(2,3)9-20-15/h5-8,10-11,14H,9H2,1-4H3/t10-,11-,14+/m1/s1. The molecule has 4 heteroatoms. The Morgan fingerprint density at radius 2 is 2.20 bits per heavy atom. The van der Waals surface area contributed by atoms with Gasteiger partial charge >= 0.3 is 0 Å². The van der Waals surface area contributed by atoms with Crippen LogP contribution in [0.25, 0.3) is 0 Å². The van der Waals surface area contributed by atoms with Gasteiger partial charge < -0.3 is 13.9 Å². The maximum atomic E-state index is 5.86. The largest absolute Gasteiger partial charge is 0.501 e. The molecule has 3 rings (SSSR count). The molecule has 2 aliphatic rings. The second kappa shape index (κ2) is 4.69. The van der Waals surface area contributed by atoms with E-state index >= 15 is 0 Å². The molecule has 1 aliphatic carbocycles. The molecule has 0 amide bonds. The van der Waals surface area contributed by atoms with Crippen molar-refractivity contribution >= 4 is 5.90 Å². The Kier molecular flexibility index (Phi) is 3.11. The Morgan fingerprint density at radius 1 is 1.40 bits per heavy atom. The Bertz CT molecular complexity index is 542. The third kappa shape index (κ3) is 2.13. The van der Waals surface area contributed by atoms with Gasteiger partial charge in [0, 0.05) is 5.92 Å². The summed E-state index contributed by atoms with van der Waals surface area (Å²) in [7, 11) is 1.71. The van der Waals surface area contributed by atoms with E-state index in [1.807, 2.05) is 12.1 Å². The SMILES string of the molecule is COC1=C[C@H](c2ccco2)[C@@H](C2=NC(C)(C)CO2)[C@@H]1C. The highest BCUT2D eigenvalue weighted by Gasteiger charge is 2.44. The molecule has 1 aromatic rings. The van der Waals surface area contributed by atoms with Crippen molar-refractivity contribution in [2.24, 2.45) is 16.8 Å². The summed E-state index contributed by atoms with van der Waals surface area (Å²) in [5, 5.41) is 0.